The number of ether oxygens (including phenoxy) is 2. The average molecular weight is 788 g/mol. The molecule has 0 aliphatic heterocycles. The van der Waals surface area contributed by atoms with Gasteiger partial charge in [-0.05, 0) is 112 Å². The molecule has 1 aromatic heterocycles. The molecule has 5 aromatic rings. The van der Waals surface area contributed by atoms with Gasteiger partial charge < -0.3 is 14.8 Å². The standard InChI is InChI=1S/C32H25BrClIN4O3S/c1-2-41-29-15-23(27(33)16-30(29)42-18-20-3-11-25(35)12-4-20)17-36-39-31(40)22-7-5-21(6-8-22)28-19-43-32(38-28)37-26-13-9-24(34)10-14-26/h3-17,19H,2,18H2,1H3,(H,37,38)(H,39,40)/b36-17-. The number of benzene rings is 4. The molecule has 43 heavy (non-hydrogen) atoms. The maximum absolute atomic E-state index is 12.7. The molecule has 218 valence electrons. The number of hydrazone groups is 1. The van der Waals surface area contributed by atoms with E-state index in [1.54, 1.807) is 18.3 Å². The van der Waals surface area contributed by atoms with Gasteiger partial charge in [0.1, 0.15) is 6.61 Å². The molecular formula is C32H25BrClIN4O3S. The van der Waals surface area contributed by atoms with Gasteiger partial charge in [0.25, 0.3) is 5.91 Å². The Bertz CT molecular complexity index is 1730. The lowest BCUT2D eigenvalue weighted by Gasteiger charge is -2.14. The number of aromatic nitrogens is 1. The largest absolute Gasteiger partial charge is 0.490 e. The van der Waals surface area contributed by atoms with Crippen molar-refractivity contribution in [3.8, 4) is 22.8 Å². The Morgan fingerprint density at radius 3 is 2.47 bits per heavy atom. The van der Waals surface area contributed by atoms with Crippen LogP contribution in [0.1, 0.15) is 28.4 Å². The molecule has 5 rings (SSSR count). The highest BCUT2D eigenvalue weighted by atomic mass is 127. The highest BCUT2D eigenvalue weighted by Gasteiger charge is 2.12. The van der Waals surface area contributed by atoms with E-state index in [1.165, 1.54) is 14.9 Å². The smallest absolute Gasteiger partial charge is 0.271 e. The monoisotopic (exact) mass is 786 g/mol. The number of amides is 1. The van der Waals surface area contributed by atoms with Gasteiger partial charge in [0.15, 0.2) is 16.6 Å². The zero-order valence-corrected chi connectivity index (χ0v) is 28.1. The zero-order valence-electron chi connectivity index (χ0n) is 22.8. The average Bonchev–Trinajstić information content (AvgIpc) is 3.48. The lowest BCUT2D eigenvalue weighted by Crippen LogP contribution is -2.17. The van der Waals surface area contributed by atoms with Gasteiger partial charge in [-0.15, -0.1) is 11.3 Å². The van der Waals surface area contributed by atoms with Crippen LogP contribution in [0.5, 0.6) is 11.5 Å². The Labute approximate surface area is 280 Å². The van der Waals surface area contributed by atoms with Crippen molar-refractivity contribution < 1.29 is 14.3 Å². The van der Waals surface area contributed by atoms with Crippen molar-refractivity contribution in [3.63, 3.8) is 0 Å². The van der Waals surface area contributed by atoms with E-state index in [4.69, 9.17) is 21.1 Å². The van der Waals surface area contributed by atoms with Crippen molar-refractivity contribution in [1.82, 2.24) is 10.4 Å². The second-order valence-corrected chi connectivity index (χ2v) is 12.5. The lowest BCUT2D eigenvalue weighted by atomic mass is 10.1. The van der Waals surface area contributed by atoms with Crippen molar-refractivity contribution in [2.45, 2.75) is 13.5 Å². The number of rotatable bonds is 11. The molecular weight excluding hydrogens is 763 g/mol. The van der Waals surface area contributed by atoms with Crippen LogP contribution >= 0.6 is 61.5 Å². The zero-order chi connectivity index (χ0) is 30.2. The van der Waals surface area contributed by atoms with Crippen molar-refractivity contribution in [3.05, 3.63) is 120 Å². The SMILES string of the molecule is CCOc1cc(/C=N\NC(=O)c2ccc(-c3csc(Nc4ccc(Cl)cc4)n3)cc2)c(Br)cc1OCc1ccc(I)cc1. The highest BCUT2D eigenvalue weighted by Crippen LogP contribution is 2.34. The molecule has 0 atom stereocenters. The summed E-state index contributed by atoms with van der Waals surface area (Å²) in [5.74, 6) is 0.875. The summed E-state index contributed by atoms with van der Waals surface area (Å²) in [7, 11) is 0. The molecule has 0 unspecified atom stereocenters. The number of carbonyl (C=O) groups is 1. The lowest BCUT2D eigenvalue weighted by molar-refractivity contribution is 0.0955. The number of hydrogen-bond donors (Lipinski definition) is 2. The molecule has 1 heterocycles. The van der Waals surface area contributed by atoms with Crippen LogP contribution in [-0.2, 0) is 6.61 Å². The summed E-state index contributed by atoms with van der Waals surface area (Å²) in [6.07, 6.45) is 1.56. The number of hydrogen-bond acceptors (Lipinski definition) is 7. The summed E-state index contributed by atoms with van der Waals surface area (Å²) in [6.45, 7) is 2.80. The van der Waals surface area contributed by atoms with E-state index in [2.05, 4.69) is 59.3 Å². The fourth-order valence-corrected chi connectivity index (χ4v) is 5.56. The van der Waals surface area contributed by atoms with Gasteiger partial charge in [-0.25, -0.2) is 10.4 Å². The quantitative estimate of drug-likeness (QED) is 0.0793. The minimum Gasteiger partial charge on any atom is -0.490 e. The summed E-state index contributed by atoms with van der Waals surface area (Å²) in [5, 5.41) is 10.8. The molecule has 4 aromatic carbocycles. The number of anilines is 2. The van der Waals surface area contributed by atoms with Crippen molar-refractivity contribution in [2.24, 2.45) is 5.10 Å². The first-order valence-corrected chi connectivity index (χ1v) is 16.3. The summed E-state index contributed by atoms with van der Waals surface area (Å²) in [4.78, 5) is 17.4. The summed E-state index contributed by atoms with van der Waals surface area (Å²) >= 11 is 13.3. The molecule has 0 radical (unpaired) electrons. The molecule has 1 amide bonds. The van der Waals surface area contributed by atoms with E-state index in [-0.39, 0.29) is 5.91 Å². The predicted octanol–water partition coefficient (Wildman–Crippen LogP) is 9.32. The molecule has 0 aliphatic rings. The third-order valence-electron chi connectivity index (χ3n) is 6.08. The van der Waals surface area contributed by atoms with E-state index in [0.717, 1.165) is 37.7 Å². The molecule has 7 nitrogen and oxygen atoms in total. The minimum absolute atomic E-state index is 0.329. The molecule has 0 spiro atoms. The number of halogens is 3. The van der Waals surface area contributed by atoms with Gasteiger partial charge in [0.2, 0.25) is 0 Å². The molecule has 0 aliphatic carbocycles. The van der Waals surface area contributed by atoms with Crippen LogP contribution in [0.3, 0.4) is 0 Å². The molecule has 2 N–H and O–H groups in total. The van der Waals surface area contributed by atoms with Crippen molar-refractivity contribution >= 4 is 84.4 Å². The van der Waals surface area contributed by atoms with Crippen molar-refractivity contribution in [1.29, 1.82) is 0 Å². The van der Waals surface area contributed by atoms with Gasteiger partial charge in [0.05, 0.1) is 18.5 Å². The minimum atomic E-state index is -0.329. The first kappa shape index (κ1) is 31.0. The Hall–Kier alpha value is -3.45. The van der Waals surface area contributed by atoms with Gasteiger partial charge in [-0.2, -0.15) is 5.10 Å². The van der Waals surface area contributed by atoms with Crippen LogP contribution in [0, 0.1) is 3.57 Å². The summed E-state index contributed by atoms with van der Waals surface area (Å²) in [5.41, 5.74) is 7.47. The van der Waals surface area contributed by atoms with Crippen molar-refractivity contribution in [2.75, 3.05) is 11.9 Å². The maximum Gasteiger partial charge on any atom is 0.271 e. The summed E-state index contributed by atoms with van der Waals surface area (Å²) < 4.78 is 13.8. The maximum atomic E-state index is 12.7. The van der Waals surface area contributed by atoms with Gasteiger partial charge in [0, 0.05) is 40.8 Å². The topological polar surface area (TPSA) is 84.8 Å². The molecule has 0 saturated heterocycles. The van der Waals surface area contributed by atoms with Crippen LogP contribution in [-0.4, -0.2) is 23.7 Å². The number of nitrogens with one attached hydrogen (secondary N) is 2. The molecule has 0 bridgehead atoms. The predicted molar refractivity (Wildman–Crippen MR) is 186 cm³/mol. The normalized spacial score (nSPS) is 11.0. The third kappa shape index (κ3) is 8.56. The third-order valence-corrected chi connectivity index (χ3v) is 8.50. The van der Waals surface area contributed by atoms with E-state index in [0.29, 0.717) is 35.3 Å². The first-order chi connectivity index (χ1) is 20.9. The Balaban J connectivity index is 1.19. The summed E-state index contributed by atoms with van der Waals surface area (Å²) in [6, 6.07) is 26.5. The van der Waals surface area contributed by atoms with Crippen LogP contribution in [0.2, 0.25) is 5.02 Å². The van der Waals surface area contributed by atoms with Crippen LogP contribution in [0.4, 0.5) is 10.8 Å². The Morgan fingerprint density at radius 1 is 1.02 bits per heavy atom. The first-order valence-electron chi connectivity index (χ1n) is 13.1. The molecule has 0 saturated carbocycles. The van der Waals surface area contributed by atoms with E-state index >= 15 is 0 Å². The van der Waals surface area contributed by atoms with Crippen LogP contribution < -0.4 is 20.2 Å². The van der Waals surface area contributed by atoms with E-state index in [1.807, 2.05) is 85.1 Å². The van der Waals surface area contributed by atoms with Crippen LogP contribution in [0.15, 0.2) is 99.9 Å². The second kappa shape index (κ2) is 14.8. The Kier molecular flexibility index (Phi) is 10.7. The fourth-order valence-electron chi connectivity index (χ4n) is 3.91. The number of thiazole rings is 1. The van der Waals surface area contributed by atoms with Gasteiger partial charge >= 0.3 is 0 Å². The number of nitrogens with zero attached hydrogens (tertiary/aromatic N) is 2. The fraction of sp³-hybridized carbons (Fsp3) is 0.0938. The second-order valence-electron chi connectivity index (χ2n) is 9.11. The van der Waals surface area contributed by atoms with Crippen LogP contribution in [0.25, 0.3) is 11.3 Å². The van der Waals surface area contributed by atoms with E-state index < -0.39 is 0 Å². The Morgan fingerprint density at radius 2 is 1.74 bits per heavy atom. The molecule has 11 heteroatoms. The molecule has 0 fully saturated rings. The van der Waals surface area contributed by atoms with Gasteiger partial charge in [-0.3, -0.25) is 4.79 Å². The number of carbonyl (C=O) groups excluding carboxylic acids is 1. The van der Waals surface area contributed by atoms with E-state index in [9.17, 15) is 4.79 Å². The highest BCUT2D eigenvalue weighted by molar-refractivity contribution is 14.1. The van der Waals surface area contributed by atoms with Gasteiger partial charge in [-0.1, -0.05) is 35.9 Å².